The first kappa shape index (κ1) is 9.93. The number of aryl methyl sites for hydroxylation is 1. The lowest BCUT2D eigenvalue weighted by atomic mass is 10.1. The molecule has 0 aliphatic heterocycles. The first-order chi connectivity index (χ1) is 7.31. The van der Waals surface area contributed by atoms with Crippen molar-refractivity contribution < 1.29 is 4.42 Å². The van der Waals surface area contributed by atoms with Crippen LogP contribution in [0.2, 0.25) is 0 Å². The summed E-state index contributed by atoms with van der Waals surface area (Å²) in [5, 5.41) is 3.01. The Bertz CT molecular complexity index is 448. The monoisotopic (exact) mass is 202 g/mol. The number of aromatic nitrogens is 1. The molecular weight excluding hydrogens is 188 g/mol. The molecule has 2 aromatic rings. The van der Waals surface area contributed by atoms with Gasteiger partial charge in [0.15, 0.2) is 5.76 Å². The molecule has 0 saturated carbocycles. The highest BCUT2D eigenvalue weighted by atomic mass is 16.4. The summed E-state index contributed by atoms with van der Waals surface area (Å²) in [5.41, 5.74) is 2.30. The van der Waals surface area contributed by atoms with E-state index in [2.05, 4.69) is 23.3 Å². The van der Waals surface area contributed by atoms with Gasteiger partial charge in [-0.1, -0.05) is 24.3 Å². The minimum Gasteiger partial charge on any atom is -0.439 e. The average Bonchev–Trinajstić information content (AvgIpc) is 2.68. The van der Waals surface area contributed by atoms with E-state index in [0.717, 1.165) is 17.2 Å². The summed E-state index contributed by atoms with van der Waals surface area (Å²) in [5.74, 6) is 1.55. The standard InChI is InChI=1S/C12H14N2O/c1-9-5-3-4-6-10(9)11-7-14-12(15-11)8-13-2/h3-7,13H,8H2,1-2H3. The third kappa shape index (κ3) is 2.07. The Hall–Kier alpha value is -1.61. The van der Waals surface area contributed by atoms with Crippen LogP contribution in [0, 0.1) is 6.92 Å². The van der Waals surface area contributed by atoms with Gasteiger partial charge in [-0.25, -0.2) is 4.98 Å². The minimum atomic E-state index is 0.659. The maximum atomic E-state index is 5.62. The molecule has 0 fully saturated rings. The van der Waals surface area contributed by atoms with Gasteiger partial charge in [-0.2, -0.15) is 0 Å². The number of nitrogens with one attached hydrogen (secondary N) is 1. The molecule has 0 bridgehead atoms. The van der Waals surface area contributed by atoms with Crippen LogP contribution in [0.15, 0.2) is 34.9 Å². The number of hydrogen-bond donors (Lipinski definition) is 1. The van der Waals surface area contributed by atoms with E-state index in [1.165, 1.54) is 5.56 Å². The van der Waals surface area contributed by atoms with E-state index in [-0.39, 0.29) is 0 Å². The number of oxazole rings is 1. The van der Waals surface area contributed by atoms with Gasteiger partial charge in [0, 0.05) is 5.56 Å². The van der Waals surface area contributed by atoms with Crippen molar-refractivity contribution in [1.82, 2.24) is 10.3 Å². The van der Waals surface area contributed by atoms with Crippen molar-refractivity contribution in [3.05, 3.63) is 41.9 Å². The molecule has 0 unspecified atom stereocenters. The smallest absolute Gasteiger partial charge is 0.208 e. The molecule has 1 aromatic heterocycles. The highest BCUT2D eigenvalue weighted by molar-refractivity contribution is 5.60. The summed E-state index contributed by atoms with van der Waals surface area (Å²) >= 11 is 0. The lowest BCUT2D eigenvalue weighted by Gasteiger charge is -2.00. The van der Waals surface area contributed by atoms with Gasteiger partial charge < -0.3 is 9.73 Å². The minimum absolute atomic E-state index is 0.659. The molecule has 1 aromatic carbocycles. The fourth-order valence-electron chi connectivity index (χ4n) is 1.52. The van der Waals surface area contributed by atoms with Gasteiger partial charge in [0.25, 0.3) is 0 Å². The van der Waals surface area contributed by atoms with E-state index in [4.69, 9.17) is 4.42 Å². The van der Waals surface area contributed by atoms with Crippen LogP contribution in [-0.2, 0) is 6.54 Å². The maximum absolute atomic E-state index is 5.62. The molecule has 0 saturated heterocycles. The molecule has 15 heavy (non-hydrogen) atoms. The predicted molar refractivity (Wildman–Crippen MR) is 59.4 cm³/mol. The highest BCUT2D eigenvalue weighted by Crippen LogP contribution is 2.23. The summed E-state index contributed by atoms with van der Waals surface area (Å²) in [7, 11) is 1.87. The fourth-order valence-corrected chi connectivity index (χ4v) is 1.52. The average molecular weight is 202 g/mol. The molecule has 0 spiro atoms. The number of rotatable bonds is 3. The maximum Gasteiger partial charge on any atom is 0.208 e. The summed E-state index contributed by atoms with van der Waals surface area (Å²) in [4.78, 5) is 4.19. The van der Waals surface area contributed by atoms with Crippen LogP contribution in [0.4, 0.5) is 0 Å². The van der Waals surface area contributed by atoms with Crippen LogP contribution >= 0.6 is 0 Å². The molecule has 3 nitrogen and oxygen atoms in total. The van der Waals surface area contributed by atoms with Crippen molar-refractivity contribution in [2.45, 2.75) is 13.5 Å². The van der Waals surface area contributed by atoms with E-state index in [0.29, 0.717) is 6.54 Å². The molecule has 1 N–H and O–H groups in total. The summed E-state index contributed by atoms with van der Waals surface area (Å²) in [6.45, 7) is 2.72. The molecule has 78 valence electrons. The van der Waals surface area contributed by atoms with Crippen LogP contribution in [0.1, 0.15) is 11.5 Å². The molecule has 1 heterocycles. The molecule has 0 radical (unpaired) electrons. The predicted octanol–water partition coefficient (Wildman–Crippen LogP) is 2.37. The van der Waals surface area contributed by atoms with E-state index < -0.39 is 0 Å². The molecule has 2 rings (SSSR count). The third-order valence-electron chi connectivity index (χ3n) is 2.29. The van der Waals surface area contributed by atoms with Crippen molar-refractivity contribution in [1.29, 1.82) is 0 Å². The van der Waals surface area contributed by atoms with E-state index >= 15 is 0 Å². The lowest BCUT2D eigenvalue weighted by Crippen LogP contribution is -2.04. The lowest BCUT2D eigenvalue weighted by molar-refractivity contribution is 0.490. The Morgan fingerprint density at radius 1 is 1.33 bits per heavy atom. The highest BCUT2D eigenvalue weighted by Gasteiger charge is 2.07. The first-order valence-electron chi connectivity index (χ1n) is 4.96. The largest absolute Gasteiger partial charge is 0.439 e. The third-order valence-corrected chi connectivity index (χ3v) is 2.29. The Labute approximate surface area is 89.1 Å². The fraction of sp³-hybridized carbons (Fsp3) is 0.250. The Balaban J connectivity index is 2.33. The number of hydrogen-bond acceptors (Lipinski definition) is 3. The van der Waals surface area contributed by atoms with Gasteiger partial charge in [0.1, 0.15) is 0 Å². The normalized spacial score (nSPS) is 10.5. The van der Waals surface area contributed by atoms with Crippen LogP contribution in [-0.4, -0.2) is 12.0 Å². The van der Waals surface area contributed by atoms with Crippen molar-refractivity contribution in [3.8, 4) is 11.3 Å². The zero-order chi connectivity index (χ0) is 10.7. The summed E-state index contributed by atoms with van der Waals surface area (Å²) < 4.78 is 5.62. The zero-order valence-corrected chi connectivity index (χ0v) is 8.95. The van der Waals surface area contributed by atoms with Crippen molar-refractivity contribution in [2.75, 3.05) is 7.05 Å². The summed E-state index contributed by atoms with van der Waals surface area (Å²) in [6, 6.07) is 8.13. The van der Waals surface area contributed by atoms with E-state index in [9.17, 15) is 0 Å². The molecular formula is C12H14N2O. The van der Waals surface area contributed by atoms with Crippen LogP contribution in [0.3, 0.4) is 0 Å². The molecule has 0 aliphatic carbocycles. The second kappa shape index (κ2) is 4.28. The second-order valence-corrected chi connectivity index (χ2v) is 3.46. The van der Waals surface area contributed by atoms with Crippen LogP contribution in [0.5, 0.6) is 0 Å². The van der Waals surface area contributed by atoms with Gasteiger partial charge in [0.05, 0.1) is 12.7 Å². The molecule has 0 atom stereocenters. The molecule has 0 aliphatic rings. The topological polar surface area (TPSA) is 38.1 Å². The number of nitrogens with zero attached hydrogens (tertiary/aromatic N) is 1. The molecule has 0 amide bonds. The number of benzene rings is 1. The van der Waals surface area contributed by atoms with E-state index in [1.54, 1.807) is 6.20 Å². The van der Waals surface area contributed by atoms with Gasteiger partial charge in [0.2, 0.25) is 5.89 Å². The van der Waals surface area contributed by atoms with Crippen LogP contribution in [0.25, 0.3) is 11.3 Å². The van der Waals surface area contributed by atoms with E-state index in [1.807, 2.05) is 25.2 Å². The Kier molecular flexibility index (Phi) is 2.83. The van der Waals surface area contributed by atoms with Crippen molar-refractivity contribution in [2.24, 2.45) is 0 Å². The zero-order valence-electron chi connectivity index (χ0n) is 8.95. The summed E-state index contributed by atoms with van der Waals surface area (Å²) in [6.07, 6.45) is 1.77. The van der Waals surface area contributed by atoms with Crippen LogP contribution < -0.4 is 5.32 Å². The van der Waals surface area contributed by atoms with Gasteiger partial charge >= 0.3 is 0 Å². The quantitative estimate of drug-likeness (QED) is 0.830. The van der Waals surface area contributed by atoms with Gasteiger partial charge in [-0.3, -0.25) is 0 Å². The first-order valence-corrected chi connectivity index (χ1v) is 4.96. The van der Waals surface area contributed by atoms with Crippen molar-refractivity contribution >= 4 is 0 Å². The Morgan fingerprint density at radius 2 is 2.13 bits per heavy atom. The van der Waals surface area contributed by atoms with Crippen molar-refractivity contribution in [3.63, 3.8) is 0 Å². The second-order valence-electron chi connectivity index (χ2n) is 3.46. The van der Waals surface area contributed by atoms with Gasteiger partial charge in [-0.15, -0.1) is 0 Å². The molecule has 3 heteroatoms. The van der Waals surface area contributed by atoms with Gasteiger partial charge in [-0.05, 0) is 19.5 Å². The SMILES string of the molecule is CNCc1ncc(-c2ccccc2C)o1. The Morgan fingerprint density at radius 3 is 2.87 bits per heavy atom.